The Morgan fingerprint density at radius 3 is 2.31 bits per heavy atom. The molecule has 0 fully saturated rings. The molecule has 13 heavy (non-hydrogen) atoms. The Morgan fingerprint density at radius 1 is 0.923 bits per heavy atom. The van der Waals surface area contributed by atoms with Gasteiger partial charge in [-0.1, -0.05) is 30.3 Å². The number of halogens is 2. The van der Waals surface area contributed by atoms with Crippen molar-refractivity contribution >= 4 is 10.8 Å². The summed E-state index contributed by atoms with van der Waals surface area (Å²) in [5.74, 6) is -0.298. The Bertz CT molecular complexity index is 435. The van der Waals surface area contributed by atoms with E-state index in [4.69, 9.17) is 0 Å². The number of benzene rings is 2. The molecule has 0 saturated carbocycles. The van der Waals surface area contributed by atoms with Crippen LogP contribution in [-0.4, -0.2) is 0 Å². The van der Waals surface area contributed by atoms with Crippen molar-refractivity contribution in [2.24, 2.45) is 0 Å². The highest BCUT2D eigenvalue weighted by Crippen LogP contribution is 2.22. The minimum absolute atomic E-state index is 0.298. The molecule has 0 aliphatic heterocycles. The van der Waals surface area contributed by atoms with Crippen molar-refractivity contribution in [3.8, 4) is 0 Å². The van der Waals surface area contributed by atoms with Gasteiger partial charge in [-0.3, -0.25) is 0 Å². The zero-order chi connectivity index (χ0) is 9.26. The fourth-order valence-electron chi connectivity index (χ4n) is 1.44. The molecular formula is C11H8F2. The van der Waals surface area contributed by atoms with Crippen LogP contribution in [0.3, 0.4) is 0 Å². The number of rotatable bonds is 1. The number of alkyl halides is 1. The van der Waals surface area contributed by atoms with Crippen molar-refractivity contribution in [1.29, 1.82) is 0 Å². The molecule has 2 rings (SSSR count). The molecule has 0 spiro atoms. The van der Waals surface area contributed by atoms with E-state index >= 15 is 0 Å². The van der Waals surface area contributed by atoms with E-state index in [9.17, 15) is 8.78 Å². The predicted molar refractivity (Wildman–Crippen MR) is 48.7 cm³/mol. The van der Waals surface area contributed by atoms with Gasteiger partial charge in [-0.05, 0) is 17.0 Å². The minimum atomic E-state index is -0.555. The zero-order valence-corrected chi connectivity index (χ0v) is 6.93. The highest BCUT2D eigenvalue weighted by Gasteiger charge is 2.03. The summed E-state index contributed by atoms with van der Waals surface area (Å²) in [6.45, 7) is -0.555. The number of fused-ring (bicyclic) bond motifs is 1. The third-order valence-corrected chi connectivity index (χ3v) is 2.11. The molecule has 0 saturated heterocycles. The lowest BCUT2D eigenvalue weighted by Gasteiger charge is -2.02. The van der Waals surface area contributed by atoms with Crippen molar-refractivity contribution in [2.45, 2.75) is 6.67 Å². The third-order valence-electron chi connectivity index (χ3n) is 2.11. The summed E-state index contributed by atoms with van der Waals surface area (Å²) in [7, 11) is 0. The van der Waals surface area contributed by atoms with E-state index in [1.165, 1.54) is 12.1 Å². The standard InChI is InChI=1S/C11H8F2/c12-7-8-5-6-11(13)10-4-2-1-3-9(8)10/h1-6H,7H2. The first kappa shape index (κ1) is 8.17. The first-order chi connectivity index (χ1) is 6.33. The Morgan fingerprint density at radius 2 is 1.62 bits per heavy atom. The van der Waals surface area contributed by atoms with Crippen molar-refractivity contribution < 1.29 is 8.78 Å². The summed E-state index contributed by atoms with van der Waals surface area (Å²) in [5.41, 5.74) is 0.539. The van der Waals surface area contributed by atoms with Gasteiger partial charge in [-0.2, -0.15) is 0 Å². The second-order valence-electron chi connectivity index (χ2n) is 2.89. The van der Waals surface area contributed by atoms with E-state index in [0.29, 0.717) is 16.3 Å². The average molecular weight is 178 g/mol. The molecule has 0 aromatic heterocycles. The van der Waals surface area contributed by atoms with E-state index in [1.807, 2.05) is 0 Å². The largest absolute Gasteiger partial charge is 0.246 e. The molecule has 2 heteroatoms. The fourth-order valence-corrected chi connectivity index (χ4v) is 1.44. The summed E-state index contributed by atoms with van der Waals surface area (Å²) < 4.78 is 25.6. The SMILES string of the molecule is FCc1ccc(F)c2ccccc12. The lowest BCUT2D eigenvalue weighted by Crippen LogP contribution is -1.85. The van der Waals surface area contributed by atoms with Crippen LogP contribution in [0.4, 0.5) is 8.78 Å². The summed E-state index contributed by atoms with van der Waals surface area (Å²) in [4.78, 5) is 0. The van der Waals surface area contributed by atoms with E-state index in [2.05, 4.69) is 0 Å². The van der Waals surface area contributed by atoms with E-state index in [-0.39, 0.29) is 5.82 Å². The molecular weight excluding hydrogens is 170 g/mol. The van der Waals surface area contributed by atoms with Gasteiger partial charge in [-0.15, -0.1) is 0 Å². The van der Waals surface area contributed by atoms with Gasteiger partial charge in [0.2, 0.25) is 0 Å². The summed E-state index contributed by atoms with van der Waals surface area (Å²) >= 11 is 0. The third kappa shape index (κ3) is 1.28. The molecule has 66 valence electrons. The zero-order valence-electron chi connectivity index (χ0n) is 6.93. The monoisotopic (exact) mass is 178 g/mol. The predicted octanol–water partition coefficient (Wildman–Crippen LogP) is 3.45. The summed E-state index contributed by atoms with van der Waals surface area (Å²) in [5, 5.41) is 1.14. The Kier molecular flexibility index (Phi) is 1.97. The van der Waals surface area contributed by atoms with Crippen molar-refractivity contribution in [1.82, 2.24) is 0 Å². The first-order valence-corrected chi connectivity index (χ1v) is 4.05. The van der Waals surface area contributed by atoms with Gasteiger partial charge in [-0.25, -0.2) is 8.78 Å². The molecule has 2 aromatic carbocycles. The molecule has 0 heterocycles. The molecule has 0 aliphatic carbocycles. The molecule has 0 radical (unpaired) electrons. The normalized spacial score (nSPS) is 10.6. The van der Waals surface area contributed by atoms with Crippen LogP contribution in [0.2, 0.25) is 0 Å². The average Bonchev–Trinajstić information content (AvgIpc) is 2.19. The van der Waals surface area contributed by atoms with Gasteiger partial charge in [0.25, 0.3) is 0 Å². The van der Waals surface area contributed by atoms with Crippen LogP contribution >= 0.6 is 0 Å². The maximum atomic E-state index is 13.2. The summed E-state index contributed by atoms with van der Waals surface area (Å²) in [6, 6.07) is 9.69. The van der Waals surface area contributed by atoms with E-state index < -0.39 is 6.67 Å². The van der Waals surface area contributed by atoms with Crippen LogP contribution < -0.4 is 0 Å². The maximum Gasteiger partial charge on any atom is 0.131 e. The second kappa shape index (κ2) is 3.13. The van der Waals surface area contributed by atoms with Crippen molar-refractivity contribution in [3.05, 3.63) is 47.8 Å². The van der Waals surface area contributed by atoms with Crippen LogP contribution in [-0.2, 0) is 6.67 Å². The molecule has 0 atom stereocenters. The Balaban J connectivity index is 2.84. The quantitative estimate of drug-likeness (QED) is 0.627. The fraction of sp³-hybridized carbons (Fsp3) is 0.0909. The molecule has 0 amide bonds. The molecule has 0 bridgehead atoms. The van der Waals surface area contributed by atoms with Crippen LogP contribution in [0.1, 0.15) is 5.56 Å². The smallest absolute Gasteiger partial charge is 0.131 e. The lowest BCUT2D eigenvalue weighted by molar-refractivity contribution is 0.487. The van der Waals surface area contributed by atoms with Gasteiger partial charge in [0, 0.05) is 5.39 Å². The summed E-state index contributed by atoms with van der Waals surface area (Å²) in [6.07, 6.45) is 0. The van der Waals surface area contributed by atoms with Crippen LogP contribution in [0.5, 0.6) is 0 Å². The highest BCUT2D eigenvalue weighted by atomic mass is 19.1. The topological polar surface area (TPSA) is 0 Å². The second-order valence-corrected chi connectivity index (χ2v) is 2.89. The molecule has 0 nitrogen and oxygen atoms in total. The first-order valence-electron chi connectivity index (χ1n) is 4.05. The van der Waals surface area contributed by atoms with Gasteiger partial charge < -0.3 is 0 Å². The van der Waals surface area contributed by atoms with Gasteiger partial charge in [0.05, 0.1) is 0 Å². The lowest BCUT2D eigenvalue weighted by atomic mass is 10.1. The van der Waals surface area contributed by atoms with E-state index in [0.717, 1.165) is 0 Å². The number of hydrogen-bond acceptors (Lipinski definition) is 0. The van der Waals surface area contributed by atoms with Crippen molar-refractivity contribution in [2.75, 3.05) is 0 Å². The van der Waals surface area contributed by atoms with Crippen LogP contribution in [0, 0.1) is 5.82 Å². The van der Waals surface area contributed by atoms with Crippen LogP contribution in [0.25, 0.3) is 10.8 Å². The number of hydrogen-bond donors (Lipinski definition) is 0. The van der Waals surface area contributed by atoms with Gasteiger partial charge in [0.1, 0.15) is 12.5 Å². The molecule has 0 unspecified atom stereocenters. The minimum Gasteiger partial charge on any atom is -0.246 e. The molecule has 0 N–H and O–H groups in total. The highest BCUT2D eigenvalue weighted by molar-refractivity contribution is 5.86. The van der Waals surface area contributed by atoms with Crippen LogP contribution in [0.15, 0.2) is 36.4 Å². The molecule has 0 aliphatic rings. The van der Waals surface area contributed by atoms with Gasteiger partial charge in [0.15, 0.2) is 0 Å². The Hall–Kier alpha value is -1.44. The Labute approximate surface area is 74.8 Å². The maximum absolute atomic E-state index is 13.2. The van der Waals surface area contributed by atoms with Gasteiger partial charge >= 0.3 is 0 Å². The van der Waals surface area contributed by atoms with Crippen molar-refractivity contribution in [3.63, 3.8) is 0 Å². The van der Waals surface area contributed by atoms with E-state index in [1.54, 1.807) is 24.3 Å². The molecule has 2 aromatic rings.